The first kappa shape index (κ1) is 10.2. The van der Waals surface area contributed by atoms with E-state index in [1.165, 1.54) is 31.7 Å². The van der Waals surface area contributed by atoms with Gasteiger partial charge in [-0.2, -0.15) is 0 Å². The lowest BCUT2D eigenvalue weighted by Gasteiger charge is -2.27. The molecule has 0 aromatic carbocycles. The van der Waals surface area contributed by atoms with Gasteiger partial charge in [0.2, 0.25) is 0 Å². The molecule has 0 radical (unpaired) electrons. The molecule has 0 heterocycles. The Balaban J connectivity index is 1.92. The van der Waals surface area contributed by atoms with E-state index in [1.807, 2.05) is 0 Å². The summed E-state index contributed by atoms with van der Waals surface area (Å²) in [4.78, 5) is 0. The Hall–Kier alpha value is -0.303. The lowest BCUT2D eigenvalue weighted by atomic mass is 9.85. The first-order valence-electron chi connectivity index (χ1n) is 5.88. The molecule has 0 N–H and O–H groups in total. The number of hydrogen-bond donors (Lipinski definition) is 0. The molecule has 0 aromatic heterocycles. The van der Waals surface area contributed by atoms with Crippen LogP contribution in [0.3, 0.4) is 0 Å². The fourth-order valence-electron chi connectivity index (χ4n) is 2.84. The summed E-state index contributed by atoms with van der Waals surface area (Å²) in [5.41, 5.74) is 2.87. The van der Waals surface area contributed by atoms with Crippen molar-refractivity contribution in [1.29, 1.82) is 0 Å². The topological polar surface area (TPSA) is 0 Å². The van der Waals surface area contributed by atoms with E-state index < -0.39 is 8.07 Å². The van der Waals surface area contributed by atoms with Crippen LogP contribution in [0.15, 0.2) is 24.4 Å². The first-order chi connectivity index (χ1) is 6.55. The third kappa shape index (κ3) is 1.88. The zero-order valence-corrected chi connectivity index (χ0v) is 10.6. The van der Waals surface area contributed by atoms with Gasteiger partial charge in [-0.1, -0.05) is 31.3 Å². The standard InChI is InChI=1S/C13H22Si/c1-4-14(2,3)10-9-13-7-5-12(11-13)6-8-13/h4-5,7,12H,1,6,8-11H2,2-3H3. The minimum Gasteiger partial charge on any atom is -0.107 e. The SMILES string of the molecule is C=C[Si](C)(C)CCC12C=CC(CC1)C2. The van der Waals surface area contributed by atoms with Crippen LogP contribution in [0.1, 0.15) is 25.7 Å². The van der Waals surface area contributed by atoms with Crippen molar-refractivity contribution in [2.24, 2.45) is 11.3 Å². The molecule has 14 heavy (non-hydrogen) atoms. The van der Waals surface area contributed by atoms with E-state index in [9.17, 15) is 0 Å². The molecule has 2 aliphatic carbocycles. The second-order valence-electron chi connectivity index (χ2n) is 5.92. The molecular formula is C13H22Si. The molecule has 1 fully saturated rings. The second kappa shape index (κ2) is 3.37. The average Bonchev–Trinajstić information content (AvgIpc) is 2.75. The van der Waals surface area contributed by atoms with Crippen LogP contribution in [-0.2, 0) is 0 Å². The van der Waals surface area contributed by atoms with Crippen LogP contribution >= 0.6 is 0 Å². The predicted molar refractivity (Wildman–Crippen MR) is 66.0 cm³/mol. The van der Waals surface area contributed by atoms with E-state index in [2.05, 4.69) is 37.5 Å². The van der Waals surface area contributed by atoms with Crippen molar-refractivity contribution in [2.45, 2.75) is 44.8 Å². The molecule has 2 rings (SSSR count). The maximum absolute atomic E-state index is 3.98. The third-order valence-electron chi connectivity index (χ3n) is 4.22. The van der Waals surface area contributed by atoms with Gasteiger partial charge in [-0.15, -0.1) is 12.3 Å². The third-order valence-corrected chi connectivity index (χ3v) is 6.87. The van der Waals surface area contributed by atoms with Gasteiger partial charge in [0.15, 0.2) is 0 Å². The number of rotatable bonds is 4. The van der Waals surface area contributed by atoms with Gasteiger partial charge in [0.25, 0.3) is 0 Å². The minimum absolute atomic E-state index is 0.623. The van der Waals surface area contributed by atoms with Crippen LogP contribution in [0.2, 0.25) is 19.1 Å². The fourth-order valence-corrected chi connectivity index (χ4v) is 4.18. The van der Waals surface area contributed by atoms with Crippen molar-refractivity contribution in [3.63, 3.8) is 0 Å². The summed E-state index contributed by atoms with van der Waals surface area (Å²) in [5, 5.41) is 0. The van der Waals surface area contributed by atoms with Crippen LogP contribution in [0.4, 0.5) is 0 Å². The summed E-state index contributed by atoms with van der Waals surface area (Å²) in [6.07, 6.45) is 10.8. The summed E-state index contributed by atoms with van der Waals surface area (Å²) < 4.78 is 0. The van der Waals surface area contributed by atoms with Crippen LogP contribution in [0.5, 0.6) is 0 Å². The van der Waals surface area contributed by atoms with Gasteiger partial charge in [0, 0.05) is 0 Å². The molecule has 0 amide bonds. The summed E-state index contributed by atoms with van der Waals surface area (Å²) >= 11 is 0. The van der Waals surface area contributed by atoms with Gasteiger partial charge < -0.3 is 0 Å². The fraction of sp³-hybridized carbons (Fsp3) is 0.692. The summed E-state index contributed by atoms with van der Waals surface area (Å²) in [5.74, 6) is 0.934. The minimum atomic E-state index is -1.06. The maximum Gasteiger partial charge on any atom is 0.0710 e. The molecule has 1 saturated carbocycles. The van der Waals surface area contributed by atoms with Crippen LogP contribution in [0.25, 0.3) is 0 Å². The smallest absolute Gasteiger partial charge is 0.0710 e. The van der Waals surface area contributed by atoms with E-state index in [-0.39, 0.29) is 0 Å². The van der Waals surface area contributed by atoms with E-state index in [4.69, 9.17) is 0 Å². The predicted octanol–water partition coefficient (Wildman–Crippen LogP) is 4.17. The molecule has 2 unspecified atom stereocenters. The van der Waals surface area contributed by atoms with Gasteiger partial charge >= 0.3 is 0 Å². The highest BCUT2D eigenvalue weighted by Gasteiger charge is 2.40. The van der Waals surface area contributed by atoms with E-state index in [1.54, 1.807) is 0 Å². The highest BCUT2D eigenvalue weighted by molar-refractivity contribution is 6.82. The van der Waals surface area contributed by atoms with Gasteiger partial charge in [-0.05, 0) is 37.0 Å². The quantitative estimate of drug-likeness (QED) is 0.478. The Morgan fingerprint density at radius 3 is 2.79 bits per heavy atom. The molecule has 78 valence electrons. The highest BCUT2D eigenvalue weighted by atomic mass is 28.3. The summed E-state index contributed by atoms with van der Waals surface area (Å²) in [6, 6.07) is 1.42. The molecular weight excluding hydrogens is 184 g/mol. The zero-order chi connectivity index (χ0) is 10.2. The van der Waals surface area contributed by atoms with E-state index in [0.717, 1.165) is 5.92 Å². The van der Waals surface area contributed by atoms with Crippen LogP contribution in [-0.4, -0.2) is 8.07 Å². The van der Waals surface area contributed by atoms with Crippen LogP contribution < -0.4 is 0 Å². The van der Waals surface area contributed by atoms with Crippen molar-refractivity contribution >= 4 is 8.07 Å². The van der Waals surface area contributed by atoms with Gasteiger partial charge in [0.05, 0.1) is 8.07 Å². The second-order valence-corrected chi connectivity index (χ2v) is 10.8. The first-order valence-corrected chi connectivity index (χ1v) is 9.17. The Morgan fingerprint density at radius 1 is 1.57 bits per heavy atom. The monoisotopic (exact) mass is 206 g/mol. The Bertz CT molecular complexity index is 264. The largest absolute Gasteiger partial charge is 0.107 e. The molecule has 2 aliphatic rings. The highest BCUT2D eigenvalue weighted by Crippen LogP contribution is 2.52. The normalized spacial score (nSPS) is 35.1. The summed E-state index contributed by atoms with van der Waals surface area (Å²) in [7, 11) is -1.06. The molecule has 0 spiro atoms. The Labute approximate surface area is 89.1 Å². The summed E-state index contributed by atoms with van der Waals surface area (Å²) in [6.45, 7) is 8.84. The average molecular weight is 206 g/mol. The zero-order valence-electron chi connectivity index (χ0n) is 9.55. The lowest BCUT2D eigenvalue weighted by molar-refractivity contribution is 0.387. The molecule has 0 nitrogen and oxygen atoms in total. The number of hydrogen-bond acceptors (Lipinski definition) is 0. The van der Waals surface area contributed by atoms with Crippen molar-refractivity contribution < 1.29 is 0 Å². The van der Waals surface area contributed by atoms with Crippen molar-refractivity contribution in [3.8, 4) is 0 Å². The molecule has 2 bridgehead atoms. The molecule has 0 saturated heterocycles. The van der Waals surface area contributed by atoms with E-state index >= 15 is 0 Å². The van der Waals surface area contributed by atoms with Crippen molar-refractivity contribution in [3.05, 3.63) is 24.4 Å². The Kier molecular flexibility index (Phi) is 2.46. The Morgan fingerprint density at radius 2 is 2.36 bits per heavy atom. The van der Waals surface area contributed by atoms with Crippen molar-refractivity contribution in [1.82, 2.24) is 0 Å². The van der Waals surface area contributed by atoms with Gasteiger partial charge in [-0.25, -0.2) is 0 Å². The molecule has 0 aromatic rings. The van der Waals surface area contributed by atoms with Gasteiger partial charge in [0.1, 0.15) is 0 Å². The molecule has 0 aliphatic heterocycles. The lowest BCUT2D eigenvalue weighted by Crippen LogP contribution is -2.25. The van der Waals surface area contributed by atoms with Gasteiger partial charge in [-0.3, -0.25) is 0 Å². The molecule has 1 heteroatoms. The number of fused-ring (bicyclic) bond motifs is 2. The number of allylic oxidation sites excluding steroid dienone is 2. The maximum atomic E-state index is 3.98. The van der Waals surface area contributed by atoms with E-state index in [0.29, 0.717) is 5.41 Å². The molecule has 2 atom stereocenters. The van der Waals surface area contributed by atoms with Crippen LogP contribution in [0, 0.1) is 11.3 Å². The van der Waals surface area contributed by atoms with Crippen molar-refractivity contribution in [2.75, 3.05) is 0 Å².